The third kappa shape index (κ3) is 6.26. The monoisotopic (exact) mass is 468 g/mol. The molecule has 176 valence electrons. The Morgan fingerprint density at radius 2 is 1.76 bits per heavy atom. The molecule has 7 nitrogen and oxygen atoms in total. The highest BCUT2D eigenvalue weighted by Gasteiger charge is 2.23. The lowest BCUT2D eigenvalue weighted by molar-refractivity contribution is -0.117. The molecule has 0 unspecified atom stereocenters. The van der Waals surface area contributed by atoms with Gasteiger partial charge in [0.15, 0.2) is 0 Å². The van der Waals surface area contributed by atoms with E-state index in [0.717, 1.165) is 68.5 Å². The number of methoxy groups -OCH3 is 1. The van der Waals surface area contributed by atoms with Crippen LogP contribution in [0.3, 0.4) is 0 Å². The number of ether oxygens (including phenoxy) is 2. The topological polar surface area (TPSA) is 77.8 Å². The summed E-state index contributed by atoms with van der Waals surface area (Å²) < 4.78 is 11.0. The highest BCUT2D eigenvalue weighted by Crippen LogP contribution is 2.36. The zero-order valence-corrected chi connectivity index (χ0v) is 20.1. The highest BCUT2D eigenvalue weighted by atomic mass is 32.1. The van der Waals surface area contributed by atoms with Crippen LogP contribution < -0.4 is 14.8 Å². The number of nitrogens with one attached hydrogen (secondary N) is 1. The third-order valence-electron chi connectivity index (χ3n) is 6.35. The van der Waals surface area contributed by atoms with Crippen molar-refractivity contribution in [2.75, 3.05) is 58.3 Å². The maximum Gasteiger partial charge on any atom is 0.239 e. The number of carbonyl (C=O) groups excluding carboxylic acids is 1. The van der Waals surface area contributed by atoms with Gasteiger partial charge < -0.3 is 14.8 Å². The van der Waals surface area contributed by atoms with Crippen LogP contribution in [-0.4, -0.2) is 68.7 Å². The van der Waals surface area contributed by atoms with Crippen LogP contribution >= 0.6 is 11.3 Å². The van der Waals surface area contributed by atoms with Gasteiger partial charge in [0, 0.05) is 37.6 Å². The lowest BCUT2D eigenvalue weighted by atomic mass is 10.1. The molecule has 2 aliphatic rings. The second-order valence-corrected chi connectivity index (χ2v) is 9.68. The molecule has 0 radical (unpaired) electrons. The lowest BCUT2D eigenvalue weighted by Gasteiger charge is -2.34. The van der Waals surface area contributed by atoms with E-state index in [2.05, 4.69) is 21.2 Å². The fourth-order valence-electron chi connectivity index (χ4n) is 4.45. The predicted molar refractivity (Wildman–Crippen MR) is 130 cm³/mol. The molecule has 0 atom stereocenters. The molecule has 2 aromatic rings. The van der Waals surface area contributed by atoms with E-state index in [-0.39, 0.29) is 5.91 Å². The van der Waals surface area contributed by atoms with Crippen molar-refractivity contribution >= 4 is 22.2 Å². The molecule has 8 heteroatoms. The molecule has 1 aromatic heterocycles. The van der Waals surface area contributed by atoms with E-state index >= 15 is 0 Å². The number of anilines is 1. The number of carbonyl (C=O) groups is 1. The Labute approximate surface area is 199 Å². The normalized spacial score (nSPS) is 17.0. The van der Waals surface area contributed by atoms with Crippen LogP contribution in [0.1, 0.15) is 35.3 Å². The van der Waals surface area contributed by atoms with Crippen molar-refractivity contribution in [2.24, 2.45) is 0 Å². The fourth-order valence-corrected chi connectivity index (χ4v) is 5.71. The Kier molecular flexibility index (Phi) is 8.21. The van der Waals surface area contributed by atoms with Crippen LogP contribution in [0.25, 0.3) is 0 Å². The highest BCUT2D eigenvalue weighted by molar-refractivity contribution is 7.16. The first-order valence-corrected chi connectivity index (χ1v) is 12.5. The molecule has 0 spiro atoms. The molecule has 33 heavy (non-hydrogen) atoms. The van der Waals surface area contributed by atoms with Gasteiger partial charge in [-0.05, 0) is 55.5 Å². The number of aryl methyl sites for hydroxylation is 1. The van der Waals surface area contributed by atoms with Crippen molar-refractivity contribution in [1.82, 2.24) is 9.80 Å². The molecular formula is C25H32N4O3S. The van der Waals surface area contributed by atoms with Crippen LogP contribution in [0.2, 0.25) is 0 Å². The number of piperazine rings is 1. The van der Waals surface area contributed by atoms with E-state index < -0.39 is 0 Å². The third-order valence-corrected chi connectivity index (χ3v) is 7.56. The first-order chi connectivity index (χ1) is 16.2. The van der Waals surface area contributed by atoms with Gasteiger partial charge in [0.1, 0.15) is 29.2 Å². The largest absolute Gasteiger partial charge is 0.497 e. The molecule has 1 N–H and O–H groups in total. The minimum atomic E-state index is -0.0285. The first-order valence-electron chi connectivity index (χ1n) is 11.7. The van der Waals surface area contributed by atoms with E-state index in [1.807, 2.05) is 24.3 Å². The van der Waals surface area contributed by atoms with E-state index in [1.165, 1.54) is 23.3 Å². The number of nitriles is 1. The molecule has 1 saturated heterocycles. The number of hydrogen-bond donors (Lipinski definition) is 1. The zero-order valence-electron chi connectivity index (χ0n) is 19.3. The van der Waals surface area contributed by atoms with Gasteiger partial charge >= 0.3 is 0 Å². The molecule has 1 amide bonds. The van der Waals surface area contributed by atoms with Gasteiger partial charge in [-0.25, -0.2) is 0 Å². The summed E-state index contributed by atoms with van der Waals surface area (Å²) in [6, 6.07) is 9.96. The van der Waals surface area contributed by atoms with E-state index in [0.29, 0.717) is 18.7 Å². The first kappa shape index (κ1) is 23.6. The van der Waals surface area contributed by atoms with Crippen molar-refractivity contribution in [3.05, 3.63) is 40.3 Å². The minimum absolute atomic E-state index is 0.0285. The van der Waals surface area contributed by atoms with Gasteiger partial charge in [-0.2, -0.15) is 5.26 Å². The SMILES string of the molecule is COc1ccc(OCCN2CCN(CC(=O)Nc3sc4c(c3C#N)CCCCC4)CC2)cc1. The van der Waals surface area contributed by atoms with Gasteiger partial charge in [0.05, 0.1) is 19.2 Å². The average Bonchev–Trinajstić information content (AvgIpc) is 2.99. The van der Waals surface area contributed by atoms with Crippen molar-refractivity contribution in [2.45, 2.75) is 32.1 Å². The number of rotatable bonds is 8. The fraction of sp³-hybridized carbons (Fsp3) is 0.520. The molecule has 0 bridgehead atoms. The van der Waals surface area contributed by atoms with Crippen molar-refractivity contribution in [1.29, 1.82) is 5.26 Å². The number of fused-ring (bicyclic) bond motifs is 1. The summed E-state index contributed by atoms with van der Waals surface area (Å²) in [5.74, 6) is 1.63. The lowest BCUT2D eigenvalue weighted by Crippen LogP contribution is -2.49. The van der Waals surface area contributed by atoms with E-state index in [4.69, 9.17) is 9.47 Å². The van der Waals surface area contributed by atoms with Gasteiger partial charge in [-0.1, -0.05) is 6.42 Å². The predicted octanol–water partition coefficient (Wildman–Crippen LogP) is 3.53. The van der Waals surface area contributed by atoms with E-state index in [9.17, 15) is 10.1 Å². The molecule has 4 rings (SSSR count). The maximum absolute atomic E-state index is 12.7. The standard InChI is InChI=1S/C25H32N4O3S/c1-31-19-7-9-20(10-8-19)32-16-15-28-11-13-29(14-12-28)18-24(30)27-25-22(17-26)21-5-3-2-4-6-23(21)33-25/h7-10H,2-6,11-16,18H2,1H3,(H,27,30). The Morgan fingerprint density at radius 1 is 1.06 bits per heavy atom. The molecule has 1 aliphatic carbocycles. The van der Waals surface area contributed by atoms with Crippen LogP contribution in [-0.2, 0) is 17.6 Å². The van der Waals surface area contributed by atoms with Gasteiger partial charge in [0.25, 0.3) is 0 Å². The summed E-state index contributed by atoms with van der Waals surface area (Å²) in [6.45, 7) is 5.38. The van der Waals surface area contributed by atoms with Crippen LogP contribution in [0.4, 0.5) is 5.00 Å². The Hall–Kier alpha value is -2.60. The smallest absolute Gasteiger partial charge is 0.239 e. The molecule has 1 aromatic carbocycles. The second kappa shape index (κ2) is 11.5. The number of benzene rings is 1. The Bertz CT molecular complexity index is 975. The summed E-state index contributed by atoms with van der Waals surface area (Å²) in [7, 11) is 1.65. The molecule has 2 heterocycles. The second-order valence-electron chi connectivity index (χ2n) is 8.57. The van der Waals surface area contributed by atoms with Crippen LogP contribution in [0, 0.1) is 11.3 Å². The Morgan fingerprint density at radius 3 is 2.48 bits per heavy atom. The van der Waals surface area contributed by atoms with Crippen LogP contribution in [0.15, 0.2) is 24.3 Å². The molecule has 0 saturated carbocycles. The maximum atomic E-state index is 12.7. The number of nitrogens with zero attached hydrogens (tertiary/aromatic N) is 3. The zero-order chi connectivity index (χ0) is 23.0. The van der Waals surface area contributed by atoms with Crippen molar-refractivity contribution in [3.8, 4) is 17.6 Å². The van der Waals surface area contributed by atoms with Crippen LogP contribution in [0.5, 0.6) is 11.5 Å². The quantitative estimate of drug-likeness (QED) is 0.597. The van der Waals surface area contributed by atoms with Crippen molar-refractivity contribution < 1.29 is 14.3 Å². The summed E-state index contributed by atoms with van der Waals surface area (Å²) in [5.41, 5.74) is 1.85. The van der Waals surface area contributed by atoms with Gasteiger partial charge in [-0.15, -0.1) is 11.3 Å². The number of thiophene rings is 1. The summed E-state index contributed by atoms with van der Waals surface area (Å²) in [4.78, 5) is 18.5. The number of hydrogen-bond acceptors (Lipinski definition) is 7. The average molecular weight is 469 g/mol. The minimum Gasteiger partial charge on any atom is -0.497 e. The van der Waals surface area contributed by atoms with Crippen molar-refractivity contribution in [3.63, 3.8) is 0 Å². The summed E-state index contributed by atoms with van der Waals surface area (Å²) >= 11 is 1.60. The van der Waals surface area contributed by atoms with Gasteiger partial charge in [-0.3, -0.25) is 14.6 Å². The summed E-state index contributed by atoms with van der Waals surface area (Å²) in [5, 5.41) is 13.4. The van der Waals surface area contributed by atoms with Gasteiger partial charge in [0.2, 0.25) is 5.91 Å². The number of amides is 1. The Balaban J connectivity index is 1.19. The molecule has 1 fully saturated rings. The summed E-state index contributed by atoms with van der Waals surface area (Å²) in [6.07, 6.45) is 5.49. The molecular weight excluding hydrogens is 436 g/mol. The molecule has 1 aliphatic heterocycles. The van der Waals surface area contributed by atoms with E-state index in [1.54, 1.807) is 18.4 Å².